The van der Waals surface area contributed by atoms with Crippen LogP contribution < -0.4 is 11.2 Å². The first-order chi connectivity index (χ1) is 16.1. The molecule has 1 fully saturated rings. The van der Waals surface area contributed by atoms with Crippen molar-refractivity contribution in [3.05, 3.63) is 75.1 Å². The molecule has 0 aliphatic carbocycles. The van der Waals surface area contributed by atoms with Gasteiger partial charge in [-0.05, 0) is 37.5 Å². The lowest BCUT2D eigenvalue weighted by Gasteiger charge is -2.32. The second kappa shape index (κ2) is 8.69. The normalized spacial score (nSPS) is 14.9. The number of amides is 1. The molecule has 2 aromatic carbocycles. The standard InChI is InChI=1S/C25H27N5O3/c1-2-3-14-29-23(31)19-9-5-4-8-18(19)22(27-29)24(32)28-15-12-17(13-16-28)30-21-11-7-6-10-20(21)26-25(30)33/h4-11,17H,2-3,12-16H2,1H3,(H,26,33). The quantitative estimate of drug-likeness (QED) is 0.510. The molecule has 33 heavy (non-hydrogen) atoms. The number of carbonyl (C=O) groups excluding carboxylic acids is 1. The van der Waals surface area contributed by atoms with Crippen molar-refractivity contribution < 1.29 is 4.79 Å². The maximum absolute atomic E-state index is 13.5. The summed E-state index contributed by atoms with van der Waals surface area (Å²) in [5.41, 5.74) is 1.77. The van der Waals surface area contributed by atoms with Gasteiger partial charge in [0.05, 0.1) is 16.4 Å². The minimum Gasteiger partial charge on any atom is -0.337 e. The molecule has 1 amide bonds. The van der Waals surface area contributed by atoms with E-state index >= 15 is 0 Å². The van der Waals surface area contributed by atoms with Crippen LogP contribution in [-0.2, 0) is 6.54 Å². The van der Waals surface area contributed by atoms with Crippen molar-refractivity contribution in [3.63, 3.8) is 0 Å². The number of H-pyrrole nitrogens is 1. The molecule has 170 valence electrons. The van der Waals surface area contributed by atoms with E-state index in [-0.39, 0.29) is 23.2 Å². The third-order valence-electron chi connectivity index (χ3n) is 6.53. The van der Waals surface area contributed by atoms with Crippen LogP contribution in [0.1, 0.15) is 49.1 Å². The molecule has 1 N–H and O–H groups in total. The monoisotopic (exact) mass is 445 g/mol. The first kappa shape index (κ1) is 21.2. The number of para-hydroxylation sites is 2. The van der Waals surface area contributed by atoms with Crippen molar-refractivity contribution in [2.45, 2.75) is 45.2 Å². The number of unbranched alkanes of at least 4 members (excludes halogenated alkanes) is 1. The van der Waals surface area contributed by atoms with Crippen molar-refractivity contribution >= 4 is 27.7 Å². The summed E-state index contributed by atoms with van der Waals surface area (Å²) < 4.78 is 3.24. The van der Waals surface area contributed by atoms with Crippen molar-refractivity contribution in [1.29, 1.82) is 0 Å². The fourth-order valence-electron chi connectivity index (χ4n) is 4.77. The van der Waals surface area contributed by atoms with Gasteiger partial charge in [-0.1, -0.05) is 43.7 Å². The van der Waals surface area contributed by atoms with E-state index in [2.05, 4.69) is 17.0 Å². The molecule has 1 aliphatic heterocycles. The zero-order chi connectivity index (χ0) is 22.9. The number of likely N-dealkylation sites (tertiary alicyclic amines) is 1. The van der Waals surface area contributed by atoms with Crippen LogP contribution in [0, 0.1) is 0 Å². The van der Waals surface area contributed by atoms with Gasteiger partial charge in [0.15, 0.2) is 5.69 Å². The summed E-state index contributed by atoms with van der Waals surface area (Å²) in [5.74, 6) is -0.166. The van der Waals surface area contributed by atoms with Crippen molar-refractivity contribution in [2.75, 3.05) is 13.1 Å². The molecule has 4 aromatic rings. The van der Waals surface area contributed by atoms with Gasteiger partial charge in [0.2, 0.25) is 0 Å². The highest BCUT2D eigenvalue weighted by atomic mass is 16.2. The van der Waals surface area contributed by atoms with Crippen LogP contribution >= 0.6 is 0 Å². The van der Waals surface area contributed by atoms with E-state index in [0.29, 0.717) is 48.9 Å². The van der Waals surface area contributed by atoms with E-state index < -0.39 is 0 Å². The van der Waals surface area contributed by atoms with Crippen molar-refractivity contribution in [2.24, 2.45) is 0 Å². The molecule has 2 aromatic heterocycles. The Hall–Kier alpha value is -3.68. The summed E-state index contributed by atoms with van der Waals surface area (Å²) in [6.07, 6.45) is 3.12. The lowest BCUT2D eigenvalue weighted by molar-refractivity contribution is 0.0688. The van der Waals surface area contributed by atoms with Gasteiger partial charge in [0.1, 0.15) is 0 Å². The number of nitrogens with zero attached hydrogens (tertiary/aromatic N) is 4. The minimum absolute atomic E-state index is 0.0286. The number of fused-ring (bicyclic) bond motifs is 2. The van der Waals surface area contributed by atoms with Crippen molar-refractivity contribution in [3.8, 4) is 0 Å². The summed E-state index contributed by atoms with van der Waals surface area (Å²) in [6.45, 7) is 3.60. The van der Waals surface area contributed by atoms with Gasteiger partial charge >= 0.3 is 5.69 Å². The number of piperidine rings is 1. The van der Waals surface area contributed by atoms with Gasteiger partial charge in [-0.25, -0.2) is 9.48 Å². The molecule has 1 saturated heterocycles. The number of rotatable bonds is 5. The van der Waals surface area contributed by atoms with E-state index in [1.165, 1.54) is 4.68 Å². The Morgan fingerprint density at radius 2 is 1.73 bits per heavy atom. The first-order valence-corrected chi connectivity index (χ1v) is 11.6. The summed E-state index contributed by atoms with van der Waals surface area (Å²) >= 11 is 0. The Morgan fingerprint density at radius 3 is 2.48 bits per heavy atom. The van der Waals surface area contributed by atoms with Gasteiger partial charge in [0, 0.05) is 31.1 Å². The van der Waals surface area contributed by atoms with Crippen LogP contribution in [0.4, 0.5) is 0 Å². The Bertz CT molecular complexity index is 1440. The summed E-state index contributed by atoms with van der Waals surface area (Å²) in [5, 5.41) is 5.60. The molecular formula is C25H27N5O3. The highest BCUT2D eigenvalue weighted by Crippen LogP contribution is 2.26. The molecule has 0 radical (unpaired) electrons. The number of aromatic nitrogens is 4. The number of carbonyl (C=O) groups is 1. The lowest BCUT2D eigenvalue weighted by atomic mass is 10.0. The maximum Gasteiger partial charge on any atom is 0.326 e. The van der Waals surface area contributed by atoms with E-state index in [4.69, 9.17) is 0 Å². The molecule has 8 heteroatoms. The molecule has 3 heterocycles. The van der Waals surface area contributed by atoms with Gasteiger partial charge < -0.3 is 9.88 Å². The topological polar surface area (TPSA) is 93.0 Å². The molecule has 8 nitrogen and oxygen atoms in total. The van der Waals surface area contributed by atoms with E-state index in [9.17, 15) is 14.4 Å². The van der Waals surface area contributed by atoms with Crippen LogP contribution in [0.25, 0.3) is 21.8 Å². The summed E-state index contributed by atoms with van der Waals surface area (Å²) in [4.78, 5) is 43.6. The molecule has 0 bridgehead atoms. The fraction of sp³-hybridized carbons (Fsp3) is 0.360. The number of aromatic amines is 1. The number of hydrogen-bond donors (Lipinski definition) is 1. The Balaban J connectivity index is 1.42. The Labute approximate surface area is 190 Å². The highest BCUT2D eigenvalue weighted by Gasteiger charge is 2.28. The average Bonchev–Trinajstić information content (AvgIpc) is 3.19. The second-order valence-corrected chi connectivity index (χ2v) is 8.62. The van der Waals surface area contributed by atoms with E-state index in [0.717, 1.165) is 23.9 Å². The maximum atomic E-state index is 13.5. The number of hydrogen-bond acceptors (Lipinski definition) is 4. The molecule has 5 rings (SSSR count). The predicted molar refractivity (Wildman–Crippen MR) is 128 cm³/mol. The Morgan fingerprint density at radius 1 is 1.03 bits per heavy atom. The van der Waals surface area contributed by atoms with E-state index in [1.54, 1.807) is 17.0 Å². The molecule has 0 spiro atoms. The highest BCUT2D eigenvalue weighted by molar-refractivity contribution is 6.04. The molecule has 1 aliphatic rings. The average molecular weight is 446 g/mol. The van der Waals surface area contributed by atoms with Crippen LogP contribution in [0.5, 0.6) is 0 Å². The van der Waals surface area contributed by atoms with Crippen LogP contribution in [0.2, 0.25) is 0 Å². The van der Waals surface area contributed by atoms with Crippen molar-refractivity contribution in [1.82, 2.24) is 24.2 Å². The SMILES string of the molecule is CCCCn1nc(C(=O)N2CCC(n3c(=O)[nH]c4ccccc43)CC2)c2ccccc2c1=O. The molecule has 0 saturated carbocycles. The van der Waals surface area contributed by atoms with Crippen LogP contribution in [0.3, 0.4) is 0 Å². The van der Waals surface area contributed by atoms with Crippen LogP contribution in [0.15, 0.2) is 58.1 Å². The molecule has 0 unspecified atom stereocenters. The van der Waals surface area contributed by atoms with Gasteiger partial charge in [-0.2, -0.15) is 5.10 Å². The fourth-order valence-corrected chi connectivity index (χ4v) is 4.77. The molecular weight excluding hydrogens is 418 g/mol. The lowest BCUT2D eigenvalue weighted by Crippen LogP contribution is -2.41. The number of nitrogens with one attached hydrogen (secondary N) is 1. The zero-order valence-electron chi connectivity index (χ0n) is 18.7. The van der Waals surface area contributed by atoms with Crippen LogP contribution in [-0.4, -0.2) is 43.2 Å². The van der Waals surface area contributed by atoms with E-state index in [1.807, 2.05) is 41.0 Å². The van der Waals surface area contributed by atoms with Gasteiger partial charge in [0.25, 0.3) is 11.5 Å². The predicted octanol–water partition coefficient (Wildman–Crippen LogP) is 3.32. The largest absolute Gasteiger partial charge is 0.337 e. The first-order valence-electron chi connectivity index (χ1n) is 11.6. The zero-order valence-corrected chi connectivity index (χ0v) is 18.7. The minimum atomic E-state index is -0.166. The van der Waals surface area contributed by atoms with Gasteiger partial charge in [-0.15, -0.1) is 0 Å². The summed E-state index contributed by atoms with van der Waals surface area (Å²) in [6, 6.07) is 14.9. The molecule has 0 atom stereocenters. The third kappa shape index (κ3) is 3.75. The number of aryl methyl sites for hydroxylation is 1. The smallest absolute Gasteiger partial charge is 0.326 e. The second-order valence-electron chi connectivity index (χ2n) is 8.62. The summed E-state index contributed by atoms with van der Waals surface area (Å²) in [7, 11) is 0. The number of benzene rings is 2. The third-order valence-corrected chi connectivity index (χ3v) is 6.53. The Kier molecular flexibility index (Phi) is 5.58. The number of imidazole rings is 1. The van der Waals surface area contributed by atoms with Gasteiger partial charge in [-0.3, -0.25) is 14.2 Å².